The molecule has 3 rings (SSSR count). The Hall–Kier alpha value is -3.57. The van der Waals surface area contributed by atoms with Crippen LogP contribution < -0.4 is 9.47 Å². The predicted molar refractivity (Wildman–Crippen MR) is 102 cm³/mol. The number of halogens is 4. The van der Waals surface area contributed by atoms with Gasteiger partial charge in [0.1, 0.15) is 11.5 Å². The molecule has 0 unspecified atom stereocenters. The van der Waals surface area contributed by atoms with E-state index < -0.39 is 24.9 Å². The van der Waals surface area contributed by atoms with E-state index in [1.165, 1.54) is 28.0 Å². The first-order chi connectivity index (χ1) is 15.2. The summed E-state index contributed by atoms with van der Waals surface area (Å²) in [5, 5.41) is 3.67. The minimum atomic E-state index is -3.20. The summed E-state index contributed by atoms with van der Waals surface area (Å²) in [5.41, 5.74) is 0.658. The van der Waals surface area contributed by atoms with E-state index in [1.54, 1.807) is 6.92 Å². The summed E-state index contributed by atoms with van der Waals surface area (Å²) >= 11 is 0. The molecule has 2 heterocycles. The molecule has 1 aliphatic heterocycles. The van der Waals surface area contributed by atoms with E-state index in [0.29, 0.717) is 5.69 Å². The Balaban J connectivity index is 1.62. The fourth-order valence-electron chi connectivity index (χ4n) is 3.04. The lowest BCUT2D eigenvalue weighted by Crippen LogP contribution is -2.50. The van der Waals surface area contributed by atoms with Crippen molar-refractivity contribution >= 4 is 17.9 Å². The molecule has 1 fully saturated rings. The molecule has 1 aromatic carbocycles. The molecule has 12 heteroatoms. The van der Waals surface area contributed by atoms with Gasteiger partial charge in [0.15, 0.2) is 0 Å². The minimum absolute atomic E-state index is 0.0785. The van der Waals surface area contributed by atoms with Crippen LogP contribution >= 0.6 is 0 Å². The molecule has 2 amide bonds. The molecule has 1 aliphatic rings. The fraction of sp³-hybridized carbons (Fsp3) is 0.350. The second-order valence-corrected chi connectivity index (χ2v) is 6.74. The van der Waals surface area contributed by atoms with Crippen molar-refractivity contribution < 1.29 is 41.1 Å². The molecular formula is C20H19F4N3O5. The highest BCUT2D eigenvalue weighted by molar-refractivity contribution is 5.93. The summed E-state index contributed by atoms with van der Waals surface area (Å²) < 4.78 is 63.5. The Labute approximate surface area is 180 Å². The lowest BCUT2D eigenvalue weighted by Gasteiger charge is -2.33. The van der Waals surface area contributed by atoms with Gasteiger partial charge >= 0.3 is 13.2 Å². The van der Waals surface area contributed by atoms with Crippen molar-refractivity contribution in [1.29, 1.82) is 0 Å². The standard InChI is InChI=1S/C20H19F4N3O5/c1-12-10-16(32-25-12)18(29)27-8-6-26(7-9-27)17(28)5-3-13-2-4-14(30-19(21)22)11-15(13)31-20(23)24/h2-5,10-11,19-20H,6-9H2,1H3/b5-3+. The highest BCUT2D eigenvalue weighted by Gasteiger charge is 2.26. The average molecular weight is 457 g/mol. The lowest BCUT2D eigenvalue weighted by atomic mass is 10.1. The third kappa shape index (κ3) is 5.99. The average Bonchev–Trinajstić information content (AvgIpc) is 3.18. The third-order valence-corrected chi connectivity index (χ3v) is 4.55. The molecule has 0 aliphatic carbocycles. The maximum Gasteiger partial charge on any atom is 0.387 e. The SMILES string of the molecule is Cc1cc(C(=O)N2CCN(C(=O)/C=C/c3ccc(OC(F)F)cc3OC(F)F)CC2)on1. The fourth-order valence-corrected chi connectivity index (χ4v) is 3.04. The van der Waals surface area contributed by atoms with Gasteiger partial charge in [-0.05, 0) is 25.1 Å². The zero-order valence-corrected chi connectivity index (χ0v) is 16.8. The molecule has 8 nitrogen and oxygen atoms in total. The number of aromatic nitrogens is 1. The molecule has 0 radical (unpaired) electrons. The Kier molecular flexibility index (Phi) is 7.33. The van der Waals surface area contributed by atoms with E-state index in [4.69, 9.17) is 4.52 Å². The van der Waals surface area contributed by atoms with Crippen LogP contribution in [-0.2, 0) is 4.79 Å². The number of nitrogens with zero attached hydrogens (tertiary/aromatic N) is 3. The van der Waals surface area contributed by atoms with Gasteiger partial charge in [0.25, 0.3) is 5.91 Å². The van der Waals surface area contributed by atoms with Crippen molar-refractivity contribution in [2.24, 2.45) is 0 Å². The first-order valence-corrected chi connectivity index (χ1v) is 9.46. The van der Waals surface area contributed by atoms with Crippen LogP contribution in [0.1, 0.15) is 21.8 Å². The van der Waals surface area contributed by atoms with Crippen molar-refractivity contribution in [3.05, 3.63) is 47.4 Å². The summed E-state index contributed by atoms with van der Waals surface area (Å²) in [6.45, 7) is -3.57. The normalized spacial score (nSPS) is 14.5. The topological polar surface area (TPSA) is 85.1 Å². The van der Waals surface area contributed by atoms with Crippen molar-refractivity contribution in [3.63, 3.8) is 0 Å². The Morgan fingerprint density at radius 2 is 1.69 bits per heavy atom. The summed E-state index contributed by atoms with van der Waals surface area (Å²) in [7, 11) is 0. The first-order valence-electron chi connectivity index (χ1n) is 9.46. The minimum Gasteiger partial charge on any atom is -0.435 e. The number of hydrogen-bond donors (Lipinski definition) is 0. The van der Waals surface area contributed by atoms with Crippen LogP contribution in [0.4, 0.5) is 17.6 Å². The zero-order chi connectivity index (χ0) is 23.3. The molecule has 172 valence electrons. The molecule has 0 N–H and O–H groups in total. The molecule has 0 spiro atoms. The molecule has 0 bridgehead atoms. The summed E-state index contributed by atoms with van der Waals surface area (Å²) in [6, 6.07) is 4.77. The van der Waals surface area contributed by atoms with E-state index in [2.05, 4.69) is 14.6 Å². The molecule has 1 aromatic heterocycles. The molecule has 2 aromatic rings. The van der Waals surface area contributed by atoms with Gasteiger partial charge in [-0.25, -0.2) is 0 Å². The number of rotatable bonds is 7. The maximum absolute atomic E-state index is 12.7. The predicted octanol–water partition coefficient (Wildman–Crippen LogP) is 3.18. The van der Waals surface area contributed by atoms with Crippen LogP contribution in [0.2, 0.25) is 0 Å². The van der Waals surface area contributed by atoms with E-state index in [0.717, 1.165) is 18.2 Å². The van der Waals surface area contributed by atoms with Crippen molar-refractivity contribution in [3.8, 4) is 11.5 Å². The molecule has 32 heavy (non-hydrogen) atoms. The highest BCUT2D eigenvalue weighted by Crippen LogP contribution is 2.28. The number of benzene rings is 1. The van der Waals surface area contributed by atoms with E-state index >= 15 is 0 Å². The number of aryl methyl sites for hydroxylation is 1. The number of alkyl halides is 4. The van der Waals surface area contributed by atoms with Gasteiger partial charge in [0, 0.05) is 50.0 Å². The van der Waals surface area contributed by atoms with Gasteiger partial charge in [-0.2, -0.15) is 17.6 Å². The second-order valence-electron chi connectivity index (χ2n) is 6.74. The van der Waals surface area contributed by atoms with E-state index in [-0.39, 0.29) is 49.2 Å². The van der Waals surface area contributed by atoms with Crippen molar-refractivity contribution in [2.75, 3.05) is 26.2 Å². The first kappa shape index (κ1) is 23.1. The number of carbonyl (C=O) groups excluding carboxylic acids is 2. The Bertz CT molecular complexity index is 987. The monoisotopic (exact) mass is 457 g/mol. The molecule has 1 saturated heterocycles. The second kappa shape index (κ2) is 10.2. The van der Waals surface area contributed by atoms with Gasteiger partial charge in [-0.3, -0.25) is 9.59 Å². The number of hydrogen-bond acceptors (Lipinski definition) is 6. The maximum atomic E-state index is 12.7. The largest absolute Gasteiger partial charge is 0.435 e. The highest BCUT2D eigenvalue weighted by atomic mass is 19.3. The van der Waals surface area contributed by atoms with E-state index in [9.17, 15) is 27.2 Å². The van der Waals surface area contributed by atoms with Crippen LogP contribution in [0.15, 0.2) is 34.9 Å². The van der Waals surface area contributed by atoms with Gasteiger partial charge < -0.3 is 23.8 Å². The number of carbonyl (C=O) groups is 2. The van der Waals surface area contributed by atoms with E-state index in [1.807, 2.05) is 0 Å². The zero-order valence-electron chi connectivity index (χ0n) is 16.8. The molecule has 0 atom stereocenters. The van der Waals surface area contributed by atoms with Gasteiger partial charge in [0.05, 0.1) is 5.69 Å². The van der Waals surface area contributed by atoms with Crippen LogP contribution in [0.3, 0.4) is 0 Å². The number of piperazine rings is 1. The number of ether oxygens (including phenoxy) is 2. The van der Waals surface area contributed by atoms with Crippen molar-refractivity contribution in [1.82, 2.24) is 15.0 Å². The van der Waals surface area contributed by atoms with Crippen molar-refractivity contribution in [2.45, 2.75) is 20.1 Å². The molecular weight excluding hydrogens is 438 g/mol. The summed E-state index contributed by atoms with van der Waals surface area (Å²) in [6.07, 6.45) is 2.39. The smallest absolute Gasteiger partial charge is 0.387 e. The van der Waals surface area contributed by atoms with Gasteiger partial charge in [0.2, 0.25) is 11.7 Å². The van der Waals surface area contributed by atoms with Crippen LogP contribution in [-0.4, -0.2) is 66.2 Å². The Morgan fingerprint density at radius 1 is 1.03 bits per heavy atom. The summed E-state index contributed by atoms with van der Waals surface area (Å²) in [4.78, 5) is 27.8. The van der Waals surface area contributed by atoms with Crippen LogP contribution in [0.5, 0.6) is 11.5 Å². The molecule has 0 saturated carbocycles. The van der Waals surface area contributed by atoms with Gasteiger partial charge in [-0.1, -0.05) is 5.16 Å². The van der Waals surface area contributed by atoms with Crippen LogP contribution in [0.25, 0.3) is 6.08 Å². The van der Waals surface area contributed by atoms with Gasteiger partial charge in [-0.15, -0.1) is 0 Å². The number of amides is 2. The quantitative estimate of drug-likeness (QED) is 0.469. The third-order valence-electron chi connectivity index (χ3n) is 4.55. The van der Waals surface area contributed by atoms with Crippen LogP contribution in [0, 0.1) is 6.92 Å². The summed E-state index contributed by atoms with van der Waals surface area (Å²) in [5.74, 6) is -1.40. The lowest BCUT2D eigenvalue weighted by molar-refractivity contribution is -0.127. The Morgan fingerprint density at radius 3 is 2.28 bits per heavy atom.